The van der Waals surface area contributed by atoms with Crippen LogP contribution in [0.25, 0.3) is 0 Å². The first-order valence-corrected chi connectivity index (χ1v) is 9.66. The third-order valence-electron chi connectivity index (χ3n) is 4.61. The monoisotopic (exact) mass is 395 g/mol. The standard InChI is InChI=1S/C22H25N3O4/c1-16(26)23-18-6-4-17(5-7-18)14-22(28)29-15-21(27)24-19-8-10-20(11-9-19)25-12-2-3-13-25/h4-11H,2-3,12-15H2,1H3,(H,23,26)(H,24,27). The van der Waals surface area contributed by atoms with Gasteiger partial charge in [-0.05, 0) is 54.8 Å². The van der Waals surface area contributed by atoms with Crippen LogP contribution in [0.15, 0.2) is 48.5 Å². The van der Waals surface area contributed by atoms with Gasteiger partial charge in [0.15, 0.2) is 6.61 Å². The molecule has 7 nitrogen and oxygen atoms in total. The Kier molecular flexibility index (Phi) is 6.84. The van der Waals surface area contributed by atoms with Crippen molar-refractivity contribution in [1.29, 1.82) is 0 Å². The van der Waals surface area contributed by atoms with Crippen molar-refractivity contribution in [2.24, 2.45) is 0 Å². The van der Waals surface area contributed by atoms with Crippen molar-refractivity contribution in [3.63, 3.8) is 0 Å². The van der Waals surface area contributed by atoms with Gasteiger partial charge in [0.2, 0.25) is 5.91 Å². The molecule has 0 bridgehead atoms. The SMILES string of the molecule is CC(=O)Nc1ccc(CC(=O)OCC(=O)Nc2ccc(N3CCCC3)cc2)cc1. The van der Waals surface area contributed by atoms with Gasteiger partial charge >= 0.3 is 5.97 Å². The fourth-order valence-corrected chi connectivity index (χ4v) is 3.20. The number of hydrogen-bond acceptors (Lipinski definition) is 5. The molecular formula is C22H25N3O4. The molecule has 0 aliphatic carbocycles. The Morgan fingerprint density at radius 2 is 1.48 bits per heavy atom. The zero-order valence-electron chi connectivity index (χ0n) is 16.4. The van der Waals surface area contributed by atoms with Gasteiger partial charge in [0.05, 0.1) is 6.42 Å². The number of anilines is 3. The number of nitrogens with zero attached hydrogens (tertiary/aromatic N) is 1. The van der Waals surface area contributed by atoms with Crippen molar-refractivity contribution in [2.75, 3.05) is 35.2 Å². The molecule has 0 unspecified atom stereocenters. The van der Waals surface area contributed by atoms with Crippen LogP contribution in [0, 0.1) is 0 Å². The molecule has 152 valence electrons. The fraction of sp³-hybridized carbons (Fsp3) is 0.318. The molecule has 2 amide bonds. The number of benzene rings is 2. The maximum Gasteiger partial charge on any atom is 0.310 e. The first-order chi connectivity index (χ1) is 14.0. The van der Waals surface area contributed by atoms with E-state index in [1.807, 2.05) is 24.3 Å². The van der Waals surface area contributed by atoms with Crippen molar-refractivity contribution in [2.45, 2.75) is 26.2 Å². The van der Waals surface area contributed by atoms with Gasteiger partial charge in [0, 0.05) is 37.1 Å². The summed E-state index contributed by atoms with van der Waals surface area (Å²) in [7, 11) is 0. The Bertz CT molecular complexity index is 857. The number of hydrogen-bond donors (Lipinski definition) is 2. The number of rotatable bonds is 7. The van der Waals surface area contributed by atoms with Crippen LogP contribution in [0.4, 0.5) is 17.1 Å². The first-order valence-electron chi connectivity index (χ1n) is 9.66. The minimum Gasteiger partial charge on any atom is -0.455 e. The van der Waals surface area contributed by atoms with E-state index in [-0.39, 0.29) is 24.8 Å². The van der Waals surface area contributed by atoms with Crippen molar-refractivity contribution >= 4 is 34.8 Å². The van der Waals surface area contributed by atoms with Gasteiger partial charge in [0.25, 0.3) is 5.91 Å². The quantitative estimate of drug-likeness (QED) is 0.704. The predicted molar refractivity (Wildman–Crippen MR) is 112 cm³/mol. The second kappa shape index (κ2) is 9.73. The van der Waals surface area contributed by atoms with Crippen LogP contribution in [0.1, 0.15) is 25.3 Å². The number of ether oxygens (including phenoxy) is 1. The van der Waals surface area contributed by atoms with Gasteiger partial charge in [-0.2, -0.15) is 0 Å². The van der Waals surface area contributed by atoms with Crippen LogP contribution in [-0.4, -0.2) is 37.5 Å². The maximum atomic E-state index is 12.0. The summed E-state index contributed by atoms with van der Waals surface area (Å²) in [6.07, 6.45) is 2.48. The molecule has 1 fully saturated rings. The molecular weight excluding hydrogens is 370 g/mol. The van der Waals surface area contributed by atoms with E-state index in [1.54, 1.807) is 24.3 Å². The zero-order valence-corrected chi connectivity index (χ0v) is 16.4. The van der Waals surface area contributed by atoms with E-state index in [0.717, 1.165) is 24.3 Å². The third-order valence-corrected chi connectivity index (χ3v) is 4.61. The van der Waals surface area contributed by atoms with E-state index in [1.165, 1.54) is 19.8 Å². The molecule has 2 aromatic carbocycles. The lowest BCUT2D eigenvalue weighted by Gasteiger charge is -2.17. The van der Waals surface area contributed by atoms with Crippen LogP contribution in [0.2, 0.25) is 0 Å². The summed E-state index contributed by atoms with van der Waals surface area (Å²) in [5, 5.41) is 5.39. The summed E-state index contributed by atoms with van der Waals surface area (Å²) in [5.74, 6) is -1.03. The zero-order chi connectivity index (χ0) is 20.6. The third kappa shape index (κ3) is 6.34. The second-order valence-corrected chi connectivity index (χ2v) is 7.00. The summed E-state index contributed by atoms with van der Waals surface area (Å²) in [6, 6.07) is 14.6. The van der Waals surface area contributed by atoms with Crippen LogP contribution in [0.3, 0.4) is 0 Å². The largest absolute Gasteiger partial charge is 0.455 e. The normalized spacial score (nSPS) is 13.1. The molecule has 0 radical (unpaired) electrons. The Hall–Kier alpha value is -3.35. The molecule has 3 rings (SSSR count). The Labute approximate surface area is 170 Å². The molecule has 0 aromatic heterocycles. The van der Waals surface area contributed by atoms with Gasteiger partial charge in [0.1, 0.15) is 0 Å². The van der Waals surface area contributed by atoms with E-state index in [4.69, 9.17) is 4.74 Å². The molecule has 2 N–H and O–H groups in total. The highest BCUT2D eigenvalue weighted by Gasteiger charge is 2.13. The summed E-state index contributed by atoms with van der Waals surface area (Å²) in [4.78, 5) is 37.3. The lowest BCUT2D eigenvalue weighted by Crippen LogP contribution is -2.22. The van der Waals surface area contributed by atoms with Gasteiger partial charge in [-0.1, -0.05) is 12.1 Å². The predicted octanol–water partition coefficient (Wildman–Crippen LogP) is 2.97. The fourth-order valence-electron chi connectivity index (χ4n) is 3.20. The van der Waals surface area contributed by atoms with Crippen molar-refractivity contribution in [1.82, 2.24) is 0 Å². The molecule has 0 saturated carbocycles. The smallest absolute Gasteiger partial charge is 0.310 e. The second-order valence-electron chi connectivity index (χ2n) is 7.00. The van der Waals surface area contributed by atoms with Crippen molar-refractivity contribution < 1.29 is 19.1 Å². The van der Waals surface area contributed by atoms with E-state index < -0.39 is 5.97 Å². The van der Waals surface area contributed by atoms with Gasteiger partial charge < -0.3 is 20.3 Å². The van der Waals surface area contributed by atoms with Gasteiger partial charge in [-0.25, -0.2) is 0 Å². The molecule has 1 heterocycles. The van der Waals surface area contributed by atoms with E-state index >= 15 is 0 Å². The van der Waals surface area contributed by atoms with Crippen molar-refractivity contribution in [3.05, 3.63) is 54.1 Å². The maximum absolute atomic E-state index is 12.0. The number of esters is 1. The number of carbonyl (C=O) groups excluding carboxylic acids is 3. The Balaban J connectivity index is 1.41. The summed E-state index contributed by atoms with van der Waals surface area (Å²) < 4.78 is 5.05. The molecule has 0 atom stereocenters. The highest BCUT2D eigenvalue weighted by Crippen LogP contribution is 2.22. The molecule has 29 heavy (non-hydrogen) atoms. The molecule has 0 spiro atoms. The molecule has 1 saturated heterocycles. The average Bonchev–Trinajstić information content (AvgIpc) is 3.23. The number of amides is 2. The van der Waals surface area contributed by atoms with E-state index in [9.17, 15) is 14.4 Å². The summed E-state index contributed by atoms with van der Waals surface area (Å²) in [6.45, 7) is 3.23. The minimum atomic E-state index is -0.489. The Morgan fingerprint density at radius 3 is 2.10 bits per heavy atom. The lowest BCUT2D eigenvalue weighted by atomic mass is 10.1. The topological polar surface area (TPSA) is 87.7 Å². The molecule has 1 aliphatic rings. The number of carbonyl (C=O) groups is 3. The van der Waals surface area contributed by atoms with Crippen LogP contribution in [0.5, 0.6) is 0 Å². The van der Waals surface area contributed by atoms with Crippen LogP contribution >= 0.6 is 0 Å². The van der Waals surface area contributed by atoms with Crippen molar-refractivity contribution in [3.8, 4) is 0 Å². The van der Waals surface area contributed by atoms with Crippen LogP contribution in [-0.2, 0) is 25.5 Å². The molecule has 1 aliphatic heterocycles. The molecule has 2 aromatic rings. The highest BCUT2D eigenvalue weighted by atomic mass is 16.5. The number of nitrogens with one attached hydrogen (secondary N) is 2. The minimum absolute atomic E-state index is 0.0537. The Morgan fingerprint density at radius 1 is 0.897 bits per heavy atom. The van der Waals surface area contributed by atoms with Crippen LogP contribution < -0.4 is 15.5 Å². The summed E-state index contributed by atoms with van der Waals surface area (Å²) in [5.41, 5.74) is 3.21. The van der Waals surface area contributed by atoms with E-state index in [0.29, 0.717) is 11.4 Å². The molecule has 7 heteroatoms. The van der Waals surface area contributed by atoms with Gasteiger partial charge in [-0.3, -0.25) is 14.4 Å². The highest BCUT2D eigenvalue weighted by molar-refractivity contribution is 5.93. The first kappa shape index (κ1) is 20.4. The lowest BCUT2D eigenvalue weighted by molar-refractivity contribution is -0.146. The van der Waals surface area contributed by atoms with Gasteiger partial charge in [-0.15, -0.1) is 0 Å². The summed E-state index contributed by atoms with van der Waals surface area (Å²) >= 11 is 0. The average molecular weight is 395 g/mol. The van der Waals surface area contributed by atoms with E-state index in [2.05, 4.69) is 15.5 Å².